The Hall–Kier alpha value is -1.26. The van der Waals surface area contributed by atoms with Gasteiger partial charge in [0, 0.05) is 0 Å². The van der Waals surface area contributed by atoms with Crippen LogP contribution in [0.25, 0.3) is 0 Å². The van der Waals surface area contributed by atoms with Crippen LogP contribution < -0.4 is 5.32 Å². The number of phenols is 1. The van der Waals surface area contributed by atoms with E-state index < -0.39 is 0 Å². The van der Waals surface area contributed by atoms with Crippen molar-refractivity contribution >= 4 is 17.5 Å². The van der Waals surface area contributed by atoms with Crippen molar-refractivity contribution in [2.45, 2.75) is 37.5 Å². The van der Waals surface area contributed by atoms with Crippen LogP contribution in [0.2, 0.25) is 5.02 Å². The van der Waals surface area contributed by atoms with E-state index in [0.29, 0.717) is 16.7 Å². The van der Waals surface area contributed by atoms with Crippen LogP contribution in [0.5, 0.6) is 5.75 Å². The molecule has 3 unspecified atom stereocenters. The molecule has 0 saturated carbocycles. The van der Waals surface area contributed by atoms with Crippen LogP contribution in [-0.4, -0.2) is 29.3 Å². The van der Waals surface area contributed by atoms with Crippen LogP contribution in [0, 0.1) is 0 Å². The van der Waals surface area contributed by atoms with E-state index in [9.17, 15) is 9.90 Å². The second-order valence-corrected chi connectivity index (χ2v) is 5.26. The second kappa shape index (κ2) is 4.44. The molecule has 2 heterocycles. The quantitative estimate of drug-likeness (QED) is 0.863. The SMILES string of the molecule is O=C(NC1CC2CCC1O2)c1cc(O)ccc1Cl. The van der Waals surface area contributed by atoms with Crippen LogP contribution in [0.4, 0.5) is 0 Å². The van der Waals surface area contributed by atoms with Gasteiger partial charge in [-0.05, 0) is 37.5 Å². The molecule has 2 saturated heterocycles. The van der Waals surface area contributed by atoms with Gasteiger partial charge >= 0.3 is 0 Å². The van der Waals surface area contributed by atoms with Gasteiger partial charge < -0.3 is 15.2 Å². The number of phenolic OH excluding ortho intramolecular Hbond substituents is 1. The minimum absolute atomic E-state index is 0.0359. The summed E-state index contributed by atoms with van der Waals surface area (Å²) in [6, 6.07) is 4.42. The van der Waals surface area contributed by atoms with Gasteiger partial charge in [0.15, 0.2) is 0 Å². The fourth-order valence-corrected chi connectivity index (χ4v) is 2.93. The number of carbonyl (C=O) groups is 1. The number of nitrogens with one attached hydrogen (secondary N) is 1. The lowest BCUT2D eigenvalue weighted by Crippen LogP contribution is -2.41. The van der Waals surface area contributed by atoms with E-state index >= 15 is 0 Å². The molecular formula is C13H14ClNO3. The first-order valence-corrected chi connectivity index (χ1v) is 6.46. The predicted octanol–water partition coefficient (Wildman–Crippen LogP) is 2.10. The van der Waals surface area contributed by atoms with Gasteiger partial charge in [0.1, 0.15) is 5.75 Å². The van der Waals surface area contributed by atoms with Gasteiger partial charge in [-0.1, -0.05) is 11.6 Å². The summed E-state index contributed by atoms with van der Waals surface area (Å²) in [4.78, 5) is 12.1. The normalized spacial score (nSPS) is 29.5. The molecule has 2 N–H and O–H groups in total. The molecule has 0 spiro atoms. The van der Waals surface area contributed by atoms with Crippen LogP contribution in [0.1, 0.15) is 29.6 Å². The van der Waals surface area contributed by atoms with Crippen molar-refractivity contribution in [3.05, 3.63) is 28.8 Å². The minimum atomic E-state index is -0.253. The zero-order valence-corrected chi connectivity index (χ0v) is 10.5. The van der Waals surface area contributed by atoms with Crippen LogP contribution in [0.3, 0.4) is 0 Å². The number of halogens is 1. The van der Waals surface area contributed by atoms with Crippen molar-refractivity contribution in [1.82, 2.24) is 5.32 Å². The minimum Gasteiger partial charge on any atom is -0.508 e. The van der Waals surface area contributed by atoms with Crippen molar-refractivity contribution in [2.75, 3.05) is 0 Å². The van der Waals surface area contributed by atoms with Crippen LogP contribution in [0.15, 0.2) is 18.2 Å². The molecule has 2 bridgehead atoms. The highest BCUT2D eigenvalue weighted by Crippen LogP contribution is 2.34. The monoisotopic (exact) mass is 267 g/mol. The van der Waals surface area contributed by atoms with Crippen LogP contribution in [-0.2, 0) is 4.74 Å². The Morgan fingerprint density at radius 2 is 2.28 bits per heavy atom. The Bertz CT molecular complexity index is 491. The van der Waals surface area contributed by atoms with Gasteiger partial charge in [-0.3, -0.25) is 4.79 Å². The number of hydrogen-bond donors (Lipinski definition) is 2. The molecule has 0 aliphatic carbocycles. The first-order chi connectivity index (χ1) is 8.63. The summed E-state index contributed by atoms with van der Waals surface area (Å²) in [5.41, 5.74) is 0.305. The first-order valence-electron chi connectivity index (χ1n) is 6.08. The molecule has 0 radical (unpaired) electrons. The average molecular weight is 268 g/mol. The van der Waals surface area contributed by atoms with Gasteiger partial charge in [-0.2, -0.15) is 0 Å². The Morgan fingerprint density at radius 1 is 1.44 bits per heavy atom. The summed E-state index contributed by atoms with van der Waals surface area (Å²) in [6.45, 7) is 0. The van der Waals surface area contributed by atoms with Crippen molar-refractivity contribution < 1.29 is 14.6 Å². The lowest BCUT2D eigenvalue weighted by Gasteiger charge is -2.20. The van der Waals surface area contributed by atoms with Gasteiger partial charge in [0.2, 0.25) is 0 Å². The lowest BCUT2D eigenvalue weighted by atomic mass is 9.95. The standard InChI is InChI=1S/C13H14ClNO3/c14-10-3-1-7(16)5-9(10)13(17)15-11-6-8-2-4-12(11)18-8/h1,3,5,8,11-12,16H,2,4,6H2,(H,15,17). The Labute approximate surface area is 110 Å². The summed E-state index contributed by atoms with van der Waals surface area (Å²) in [5, 5.41) is 12.7. The summed E-state index contributed by atoms with van der Waals surface area (Å²) >= 11 is 5.95. The number of amides is 1. The van der Waals surface area contributed by atoms with E-state index in [0.717, 1.165) is 19.3 Å². The Balaban J connectivity index is 1.73. The maximum atomic E-state index is 12.1. The lowest BCUT2D eigenvalue weighted by molar-refractivity contribution is 0.0841. The predicted molar refractivity (Wildman–Crippen MR) is 66.9 cm³/mol. The molecule has 2 fully saturated rings. The topological polar surface area (TPSA) is 58.6 Å². The van der Waals surface area contributed by atoms with E-state index in [-0.39, 0.29) is 23.8 Å². The molecule has 3 rings (SSSR count). The number of aromatic hydroxyl groups is 1. The van der Waals surface area contributed by atoms with E-state index in [2.05, 4.69) is 5.32 Å². The van der Waals surface area contributed by atoms with Crippen molar-refractivity contribution in [3.8, 4) is 5.75 Å². The molecule has 5 heteroatoms. The molecular weight excluding hydrogens is 254 g/mol. The summed E-state index contributed by atoms with van der Waals surface area (Å²) < 4.78 is 5.68. The first kappa shape index (κ1) is 11.8. The van der Waals surface area contributed by atoms with Gasteiger partial charge in [-0.25, -0.2) is 0 Å². The smallest absolute Gasteiger partial charge is 0.253 e. The highest BCUT2D eigenvalue weighted by Gasteiger charge is 2.41. The highest BCUT2D eigenvalue weighted by molar-refractivity contribution is 6.33. The molecule has 0 aromatic heterocycles. The number of hydrogen-bond acceptors (Lipinski definition) is 3. The van der Waals surface area contributed by atoms with Gasteiger partial charge in [0.25, 0.3) is 5.91 Å². The molecule has 96 valence electrons. The summed E-state index contributed by atoms with van der Waals surface area (Å²) in [5.74, 6) is -0.217. The summed E-state index contributed by atoms with van der Waals surface area (Å²) in [7, 11) is 0. The highest BCUT2D eigenvalue weighted by atomic mass is 35.5. The van der Waals surface area contributed by atoms with Crippen molar-refractivity contribution in [1.29, 1.82) is 0 Å². The molecule has 1 aromatic carbocycles. The van der Waals surface area contributed by atoms with E-state index in [1.165, 1.54) is 18.2 Å². The van der Waals surface area contributed by atoms with Gasteiger partial charge in [-0.15, -0.1) is 0 Å². The zero-order valence-electron chi connectivity index (χ0n) is 9.73. The third-order valence-electron chi connectivity index (χ3n) is 3.62. The molecule has 2 aliphatic heterocycles. The van der Waals surface area contributed by atoms with Crippen molar-refractivity contribution in [3.63, 3.8) is 0 Å². The van der Waals surface area contributed by atoms with E-state index in [4.69, 9.17) is 16.3 Å². The third kappa shape index (κ3) is 2.06. The number of carbonyl (C=O) groups excluding carboxylic acids is 1. The zero-order chi connectivity index (χ0) is 12.7. The van der Waals surface area contributed by atoms with Crippen molar-refractivity contribution in [2.24, 2.45) is 0 Å². The maximum absolute atomic E-state index is 12.1. The van der Waals surface area contributed by atoms with E-state index in [1.807, 2.05) is 0 Å². The average Bonchev–Trinajstić information content (AvgIpc) is 2.94. The number of benzene rings is 1. The Kier molecular flexibility index (Phi) is 2.92. The molecule has 2 aliphatic rings. The fraction of sp³-hybridized carbons (Fsp3) is 0.462. The molecule has 18 heavy (non-hydrogen) atoms. The van der Waals surface area contributed by atoms with Gasteiger partial charge in [0.05, 0.1) is 28.8 Å². The maximum Gasteiger partial charge on any atom is 0.253 e. The second-order valence-electron chi connectivity index (χ2n) is 4.85. The molecule has 1 amide bonds. The Morgan fingerprint density at radius 3 is 2.94 bits per heavy atom. The van der Waals surface area contributed by atoms with Crippen LogP contribution >= 0.6 is 11.6 Å². The molecule has 4 nitrogen and oxygen atoms in total. The molecule has 3 atom stereocenters. The summed E-state index contributed by atoms with van der Waals surface area (Å²) in [6.07, 6.45) is 3.38. The molecule has 1 aromatic rings. The number of fused-ring (bicyclic) bond motifs is 2. The number of rotatable bonds is 2. The fourth-order valence-electron chi connectivity index (χ4n) is 2.72. The third-order valence-corrected chi connectivity index (χ3v) is 3.95. The number of ether oxygens (including phenoxy) is 1. The van der Waals surface area contributed by atoms with E-state index in [1.54, 1.807) is 0 Å². The largest absolute Gasteiger partial charge is 0.508 e.